The molecule has 0 unspecified atom stereocenters. The van der Waals surface area contributed by atoms with Gasteiger partial charge < -0.3 is 9.84 Å². The highest BCUT2D eigenvalue weighted by Crippen LogP contribution is 2.07. The highest BCUT2D eigenvalue weighted by molar-refractivity contribution is 5.81. The first kappa shape index (κ1) is 14.5. The quantitative estimate of drug-likeness (QED) is 0.595. The number of aryl methyl sites for hydroxylation is 1. The zero-order chi connectivity index (χ0) is 13.2. The summed E-state index contributed by atoms with van der Waals surface area (Å²) in [6.45, 7) is 2.14. The standard InChI is InChI=1S/C15H20O3/c1-2-18-15(17)10-6-9-14(16)12-11-13-7-4-3-5-8-13/h3-8,10,14,16H,2,9,11-12H2,1H3/b10-6+/t14-/m1/s1. The predicted molar refractivity (Wildman–Crippen MR) is 71.2 cm³/mol. The van der Waals surface area contributed by atoms with E-state index in [2.05, 4.69) is 0 Å². The van der Waals surface area contributed by atoms with E-state index in [1.165, 1.54) is 11.6 Å². The van der Waals surface area contributed by atoms with Gasteiger partial charge in [0.15, 0.2) is 0 Å². The number of carbonyl (C=O) groups excluding carboxylic acids is 1. The molecule has 98 valence electrons. The molecule has 0 amide bonds. The van der Waals surface area contributed by atoms with E-state index < -0.39 is 6.10 Å². The molecule has 1 atom stereocenters. The van der Waals surface area contributed by atoms with Crippen LogP contribution in [0.3, 0.4) is 0 Å². The fourth-order valence-corrected chi connectivity index (χ4v) is 1.61. The Hall–Kier alpha value is -1.61. The topological polar surface area (TPSA) is 46.5 Å². The van der Waals surface area contributed by atoms with Crippen LogP contribution in [0.4, 0.5) is 0 Å². The number of benzene rings is 1. The number of ether oxygens (including phenoxy) is 1. The first-order chi connectivity index (χ1) is 8.72. The van der Waals surface area contributed by atoms with Gasteiger partial charge in [-0.15, -0.1) is 0 Å². The molecule has 0 saturated heterocycles. The van der Waals surface area contributed by atoms with Gasteiger partial charge in [-0.1, -0.05) is 36.4 Å². The molecule has 1 rings (SSSR count). The Morgan fingerprint density at radius 3 is 2.78 bits per heavy atom. The maximum atomic E-state index is 11.0. The third-order valence-electron chi connectivity index (χ3n) is 2.56. The second-order valence-electron chi connectivity index (χ2n) is 4.07. The fourth-order valence-electron chi connectivity index (χ4n) is 1.61. The summed E-state index contributed by atoms with van der Waals surface area (Å²) in [6.07, 6.45) is 4.62. The van der Waals surface area contributed by atoms with Crippen molar-refractivity contribution in [1.29, 1.82) is 0 Å². The number of hydrogen-bond donors (Lipinski definition) is 1. The molecular weight excluding hydrogens is 228 g/mol. The lowest BCUT2D eigenvalue weighted by atomic mass is 10.1. The van der Waals surface area contributed by atoms with E-state index in [-0.39, 0.29) is 5.97 Å². The van der Waals surface area contributed by atoms with Crippen LogP contribution in [0.2, 0.25) is 0 Å². The molecule has 0 aliphatic heterocycles. The normalized spacial score (nSPS) is 12.6. The molecule has 1 aromatic carbocycles. The van der Waals surface area contributed by atoms with Crippen molar-refractivity contribution in [3.8, 4) is 0 Å². The van der Waals surface area contributed by atoms with Gasteiger partial charge in [0, 0.05) is 6.08 Å². The summed E-state index contributed by atoms with van der Waals surface area (Å²) < 4.78 is 4.75. The van der Waals surface area contributed by atoms with Crippen LogP contribution >= 0.6 is 0 Å². The van der Waals surface area contributed by atoms with Crippen LogP contribution in [-0.2, 0) is 16.0 Å². The smallest absolute Gasteiger partial charge is 0.330 e. The highest BCUT2D eigenvalue weighted by Gasteiger charge is 2.03. The van der Waals surface area contributed by atoms with Crippen molar-refractivity contribution in [3.05, 3.63) is 48.0 Å². The molecule has 0 spiro atoms. The van der Waals surface area contributed by atoms with E-state index in [4.69, 9.17) is 4.74 Å². The molecule has 0 aliphatic carbocycles. The molecule has 18 heavy (non-hydrogen) atoms. The number of esters is 1. The number of aliphatic hydroxyl groups excluding tert-OH is 1. The minimum Gasteiger partial charge on any atom is -0.463 e. The minimum absolute atomic E-state index is 0.354. The zero-order valence-corrected chi connectivity index (χ0v) is 10.7. The van der Waals surface area contributed by atoms with Gasteiger partial charge in [0.05, 0.1) is 12.7 Å². The zero-order valence-electron chi connectivity index (χ0n) is 10.7. The molecule has 1 N–H and O–H groups in total. The minimum atomic E-state index is -0.420. The molecule has 3 nitrogen and oxygen atoms in total. The molecule has 0 heterocycles. The van der Waals surface area contributed by atoms with E-state index in [1.807, 2.05) is 30.3 Å². The maximum absolute atomic E-state index is 11.0. The van der Waals surface area contributed by atoms with Crippen molar-refractivity contribution in [3.63, 3.8) is 0 Å². The Kier molecular flexibility index (Phi) is 6.81. The monoisotopic (exact) mass is 248 g/mol. The average Bonchev–Trinajstić information content (AvgIpc) is 2.38. The molecule has 0 aromatic heterocycles. The van der Waals surface area contributed by atoms with Crippen LogP contribution in [-0.4, -0.2) is 23.8 Å². The summed E-state index contributed by atoms with van der Waals surface area (Å²) in [4.78, 5) is 11.0. The van der Waals surface area contributed by atoms with Gasteiger partial charge in [-0.3, -0.25) is 0 Å². The summed E-state index contributed by atoms with van der Waals surface area (Å²) in [5.74, 6) is -0.354. The van der Waals surface area contributed by atoms with Crippen LogP contribution in [0.5, 0.6) is 0 Å². The van der Waals surface area contributed by atoms with E-state index in [0.717, 1.165) is 6.42 Å². The van der Waals surface area contributed by atoms with Gasteiger partial charge in [-0.25, -0.2) is 4.79 Å². The third kappa shape index (κ3) is 6.21. The van der Waals surface area contributed by atoms with Crippen LogP contribution in [0.1, 0.15) is 25.3 Å². The second kappa shape index (κ2) is 8.48. The largest absolute Gasteiger partial charge is 0.463 e. The van der Waals surface area contributed by atoms with E-state index >= 15 is 0 Å². The van der Waals surface area contributed by atoms with Gasteiger partial charge >= 0.3 is 5.97 Å². The molecular formula is C15H20O3. The Labute approximate surface area is 108 Å². The maximum Gasteiger partial charge on any atom is 0.330 e. The molecule has 0 bridgehead atoms. The first-order valence-corrected chi connectivity index (χ1v) is 6.27. The summed E-state index contributed by atoms with van der Waals surface area (Å²) in [5, 5.41) is 9.75. The highest BCUT2D eigenvalue weighted by atomic mass is 16.5. The summed E-state index contributed by atoms with van der Waals surface area (Å²) in [5.41, 5.74) is 1.21. The van der Waals surface area contributed by atoms with E-state index in [0.29, 0.717) is 19.4 Å². The first-order valence-electron chi connectivity index (χ1n) is 6.27. The van der Waals surface area contributed by atoms with Crippen molar-refractivity contribution in [2.45, 2.75) is 32.3 Å². The van der Waals surface area contributed by atoms with Crippen LogP contribution in [0.15, 0.2) is 42.5 Å². The number of aliphatic hydroxyl groups is 1. The summed E-state index contributed by atoms with van der Waals surface area (Å²) in [7, 11) is 0. The number of hydrogen-bond acceptors (Lipinski definition) is 3. The van der Waals surface area contributed by atoms with Crippen LogP contribution < -0.4 is 0 Å². The van der Waals surface area contributed by atoms with Crippen molar-refractivity contribution >= 4 is 5.97 Å². The Balaban J connectivity index is 2.22. The Bertz CT molecular complexity index is 371. The number of carbonyl (C=O) groups is 1. The molecule has 0 fully saturated rings. The van der Waals surface area contributed by atoms with Gasteiger partial charge in [0.25, 0.3) is 0 Å². The lowest BCUT2D eigenvalue weighted by Crippen LogP contribution is -2.07. The lowest BCUT2D eigenvalue weighted by Gasteiger charge is -2.07. The Morgan fingerprint density at radius 2 is 2.11 bits per heavy atom. The van der Waals surface area contributed by atoms with Gasteiger partial charge in [-0.2, -0.15) is 0 Å². The van der Waals surface area contributed by atoms with Gasteiger partial charge in [0.2, 0.25) is 0 Å². The second-order valence-corrected chi connectivity index (χ2v) is 4.07. The van der Waals surface area contributed by atoms with Crippen molar-refractivity contribution < 1.29 is 14.6 Å². The molecule has 0 radical (unpaired) electrons. The van der Waals surface area contributed by atoms with E-state index in [9.17, 15) is 9.90 Å². The van der Waals surface area contributed by atoms with Crippen molar-refractivity contribution in [2.75, 3.05) is 6.61 Å². The van der Waals surface area contributed by atoms with Crippen LogP contribution in [0.25, 0.3) is 0 Å². The summed E-state index contributed by atoms with van der Waals surface area (Å²) >= 11 is 0. The Morgan fingerprint density at radius 1 is 1.39 bits per heavy atom. The van der Waals surface area contributed by atoms with Crippen LogP contribution in [0, 0.1) is 0 Å². The third-order valence-corrected chi connectivity index (χ3v) is 2.56. The van der Waals surface area contributed by atoms with E-state index in [1.54, 1.807) is 13.0 Å². The fraction of sp³-hybridized carbons (Fsp3) is 0.400. The molecule has 3 heteroatoms. The number of rotatable bonds is 7. The van der Waals surface area contributed by atoms with Gasteiger partial charge in [-0.05, 0) is 31.7 Å². The predicted octanol–water partition coefficient (Wildman–Crippen LogP) is 2.49. The SMILES string of the molecule is CCOC(=O)/C=C/C[C@@H](O)CCc1ccccc1. The summed E-state index contributed by atoms with van der Waals surface area (Å²) in [6, 6.07) is 10.0. The lowest BCUT2D eigenvalue weighted by molar-refractivity contribution is -0.137. The molecule has 0 aliphatic rings. The average molecular weight is 248 g/mol. The van der Waals surface area contributed by atoms with Crippen molar-refractivity contribution in [1.82, 2.24) is 0 Å². The molecule has 1 aromatic rings. The van der Waals surface area contributed by atoms with Gasteiger partial charge in [0.1, 0.15) is 0 Å². The van der Waals surface area contributed by atoms with Crippen molar-refractivity contribution in [2.24, 2.45) is 0 Å². The molecule has 0 saturated carbocycles.